The Morgan fingerprint density at radius 3 is 2.80 bits per heavy atom. The summed E-state index contributed by atoms with van der Waals surface area (Å²) >= 11 is 0. The van der Waals surface area contributed by atoms with Crippen molar-refractivity contribution in [1.82, 2.24) is 4.90 Å². The van der Waals surface area contributed by atoms with Crippen molar-refractivity contribution >= 4 is 0 Å². The van der Waals surface area contributed by atoms with Crippen LogP contribution in [0.15, 0.2) is 0 Å². The van der Waals surface area contributed by atoms with Crippen molar-refractivity contribution in [2.24, 2.45) is 5.92 Å². The first-order valence-electron chi connectivity index (χ1n) is 6.59. The summed E-state index contributed by atoms with van der Waals surface area (Å²) in [5.74, 6) is 0.837. The molecule has 0 spiro atoms. The van der Waals surface area contributed by atoms with Gasteiger partial charge in [0.2, 0.25) is 0 Å². The molecule has 0 bridgehead atoms. The third-order valence-corrected chi connectivity index (χ3v) is 3.42. The molecule has 0 saturated carbocycles. The Morgan fingerprint density at radius 2 is 2.13 bits per heavy atom. The third-order valence-electron chi connectivity index (χ3n) is 3.42. The van der Waals surface area contributed by atoms with E-state index in [0.29, 0.717) is 6.61 Å². The maximum Gasteiger partial charge on any atom is 0.0431 e. The van der Waals surface area contributed by atoms with Gasteiger partial charge in [0.05, 0.1) is 0 Å². The van der Waals surface area contributed by atoms with Gasteiger partial charge in [0.15, 0.2) is 0 Å². The summed E-state index contributed by atoms with van der Waals surface area (Å²) in [5.41, 5.74) is 0. The number of aliphatic hydroxyl groups is 1. The molecule has 0 aromatic carbocycles. The van der Waals surface area contributed by atoms with Crippen molar-refractivity contribution in [2.75, 3.05) is 19.7 Å². The van der Waals surface area contributed by atoms with Crippen LogP contribution in [0.5, 0.6) is 0 Å². The fraction of sp³-hybridized carbons (Fsp3) is 1.00. The first kappa shape index (κ1) is 13.0. The van der Waals surface area contributed by atoms with Gasteiger partial charge in [-0.15, -0.1) is 0 Å². The first-order valence-corrected chi connectivity index (χ1v) is 6.59. The van der Waals surface area contributed by atoms with E-state index in [2.05, 4.69) is 18.7 Å². The lowest BCUT2D eigenvalue weighted by Crippen LogP contribution is -2.30. The molecule has 1 rings (SSSR count). The van der Waals surface area contributed by atoms with Gasteiger partial charge in [0.1, 0.15) is 0 Å². The molecule has 90 valence electrons. The molecule has 2 nitrogen and oxygen atoms in total. The average Bonchev–Trinajstić information content (AvgIpc) is 2.62. The predicted molar refractivity (Wildman–Crippen MR) is 65.0 cm³/mol. The van der Waals surface area contributed by atoms with Crippen molar-refractivity contribution in [3.8, 4) is 0 Å². The lowest BCUT2D eigenvalue weighted by molar-refractivity contribution is 0.211. The summed E-state index contributed by atoms with van der Waals surface area (Å²) in [6, 6.07) is 0.768. The Bertz CT molecular complexity index is 159. The largest absolute Gasteiger partial charge is 0.396 e. The summed E-state index contributed by atoms with van der Waals surface area (Å²) in [5, 5.41) is 8.84. The first-order chi connectivity index (χ1) is 7.24. The van der Waals surface area contributed by atoms with Gasteiger partial charge < -0.3 is 10.0 Å². The van der Waals surface area contributed by atoms with E-state index in [1.807, 2.05) is 0 Å². The zero-order chi connectivity index (χ0) is 11.1. The maximum absolute atomic E-state index is 8.84. The predicted octanol–water partition coefficient (Wildman–Crippen LogP) is 2.66. The molecule has 0 aromatic heterocycles. The summed E-state index contributed by atoms with van der Waals surface area (Å²) in [6.45, 7) is 7.51. The van der Waals surface area contributed by atoms with E-state index < -0.39 is 0 Å². The summed E-state index contributed by atoms with van der Waals surface area (Å²) in [7, 11) is 0. The minimum absolute atomic E-state index is 0.357. The highest BCUT2D eigenvalue weighted by Gasteiger charge is 2.22. The molecular formula is C13H27NO. The molecule has 15 heavy (non-hydrogen) atoms. The van der Waals surface area contributed by atoms with Gasteiger partial charge in [-0.05, 0) is 57.5 Å². The normalized spacial score (nSPS) is 22.8. The van der Waals surface area contributed by atoms with Gasteiger partial charge in [0.25, 0.3) is 0 Å². The Labute approximate surface area is 94.7 Å². The molecule has 0 aromatic rings. The quantitative estimate of drug-likeness (QED) is 0.703. The Hall–Kier alpha value is -0.0800. The zero-order valence-corrected chi connectivity index (χ0v) is 10.4. The molecule has 1 heterocycles. The molecule has 1 aliphatic heterocycles. The average molecular weight is 213 g/mol. The molecule has 0 aliphatic carbocycles. The van der Waals surface area contributed by atoms with Crippen molar-refractivity contribution in [3.63, 3.8) is 0 Å². The summed E-state index contributed by atoms with van der Waals surface area (Å²) < 4.78 is 0. The highest BCUT2D eigenvalue weighted by atomic mass is 16.2. The van der Waals surface area contributed by atoms with E-state index in [0.717, 1.165) is 18.4 Å². The van der Waals surface area contributed by atoms with Gasteiger partial charge in [-0.2, -0.15) is 0 Å². The highest BCUT2D eigenvalue weighted by molar-refractivity contribution is 4.78. The van der Waals surface area contributed by atoms with Gasteiger partial charge in [-0.25, -0.2) is 0 Å². The maximum atomic E-state index is 8.84. The van der Waals surface area contributed by atoms with Gasteiger partial charge >= 0.3 is 0 Å². The second kappa shape index (κ2) is 7.24. The molecule has 1 unspecified atom stereocenters. The standard InChI is InChI=1S/C13H27NO/c1-12(2)6-3-9-14-10-4-7-13(14)8-5-11-15/h12-13,15H,3-11H2,1-2H3. The summed E-state index contributed by atoms with van der Waals surface area (Å²) in [6.07, 6.45) is 7.57. The van der Waals surface area contributed by atoms with Crippen molar-refractivity contribution in [3.05, 3.63) is 0 Å². The van der Waals surface area contributed by atoms with E-state index in [1.54, 1.807) is 0 Å². The number of aliphatic hydroxyl groups excluding tert-OH is 1. The van der Waals surface area contributed by atoms with Crippen molar-refractivity contribution in [1.29, 1.82) is 0 Å². The monoisotopic (exact) mass is 213 g/mol. The van der Waals surface area contributed by atoms with E-state index in [9.17, 15) is 0 Å². The fourth-order valence-electron chi connectivity index (χ4n) is 2.55. The number of hydrogen-bond donors (Lipinski definition) is 1. The van der Waals surface area contributed by atoms with Crippen LogP contribution in [-0.4, -0.2) is 35.7 Å². The molecule has 2 heteroatoms. The van der Waals surface area contributed by atoms with Crippen molar-refractivity contribution < 1.29 is 5.11 Å². The minimum Gasteiger partial charge on any atom is -0.396 e. The SMILES string of the molecule is CC(C)CCCN1CCCC1CCCO. The number of rotatable bonds is 7. The van der Waals surface area contributed by atoms with E-state index in [4.69, 9.17) is 5.11 Å². The lowest BCUT2D eigenvalue weighted by Gasteiger charge is -2.24. The number of likely N-dealkylation sites (tertiary alicyclic amines) is 1. The van der Waals surface area contributed by atoms with Crippen LogP contribution < -0.4 is 0 Å². The van der Waals surface area contributed by atoms with E-state index in [1.165, 1.54) is 45.2 Å². The lowest BCUT2D eigenvalue weighted by atomic mass is 10.1. The Morgan fingerprint density at radius 1 is 1.33 bits per heavy atom. The van der Waals surface area contributed by atoms with Crippen LogP contribution in [0.2, 0.25) is 0 Å². The van der Waals surface area contributed by atoms with Crippen LogP contribution in [0.25, 0.3) is 0 Å². The Kier molecular flexibility index (Phi) is 6.26. The van der Waals surface area contributed by atoms with E-state index in [-0.39, 0.29) is 0 Å². The highest BCUT2D eigenvalue weighted by Crippen LogP contribution is 2.21. The number of nitrogens with zero attached hydrogens (tertiary/aromatic N) is 1. The zero-order valence-electron chi connectivity index (χ0n) is 10.4. The third kappa shape index (κ3) is 4.98. The topological polar surface area (TPSA) is 23.5 Å². The molecule has 0 radical (unpaired) electrons. The minimum atomic E-state index is 0.357. The van der Waals surface area contributed by atoms with Crippen LogP contribution in [-0.2, 0) is 0 Å². The van der Waals surface area contributed by atoms with Crippen LogP contribution in [0, 0.1) is 5.92 Å². The molecule has 1 atom stereocenters. The molecule has 1 saturated heterocycles. The van der Waals surface area contributed by atoms with Gasteiger partial charge in [0, 0.05) is 12.6 Å². The van der Waals surface area contributed by atoms with Crippen LogP contribution in [0.3, 0.4) is 0 Å². The second-order valence-electron chi connectivity index (χ2n) is 5.23. The van der Waals surface area contributed by atoms with E-state index >= 15 is 0 Å². The summed E-state index contributed by atoms with van der Waals surface area (Å²) in [4.78, 5) is 2.64. The second-order valence-corrected chi connectivity index (χ2v) is 5.23. The molecule has 1 aliphatic rings. The number of hydrogen-bond acceptors (Lipinski definition) is 2. The van der Waals surface area contributed by atoms with Crippen LogP contribution in [0.1, 0.15) is 52.4 Å². The van der Waals surface area contributed by atoms with Gasteiger partial charge in [-0.1, -0.05) is 13.8 Å². The molecular weight excluding hydrogens is 186 g/mol. The van der Waals surface area contributed by atoms with Crippen LogP contribution in [0.4, 0.5) is 0 Å². The molecule has 0 amide bonds. The van der Waals surface area contributed by atoms with Crippen LogP contribution >= 0.6 is 0 Å². The van der Waals surface area contributed by atoms with Crippen molar-refractivity contribution in [2.45, 2.75) is 58.4 Å². The molecule has 1 N–H and O–H groups in total. The smallest absolute Gasteiger partial charge is 0.0431 e. The molecule has 1 fully saturated rings. The van der Waals surface area contributed by atoms with Gasteiger partial charge in [-0.3, -0.25) is 0 Å². The fourth-order valence-corrected chi connectivity index (χ4v) is 2.55. The Balaban J connectivity index is 2.15.